The van der Waals surface area contributed by atoms with Crippen molar-refractivity contribution in [3.05, 3.63) is 28.8 Å². The van der Waals surface area contributed by atoms with Crippen molar-refractivity contribution in [2.45, 2.75) is 6.61 Å². The Balaban J connectivity index is 2.86. The third kappa shape index (κ3) is 2.08. The molecule has 0 bridgehead atoms. The molecule has 1 aromatic carbocycles. The SMILES string of the molecule is NOCc1ccc(O)c(Cl)c1. The van der Waals surface area contributed by atoms with Gasteiger partial charge in [0.2, 0.25) is 0 Å². The van der Waals surface area contributed by atoms with E-state index >= 15 is 0 Å². The zero-order valence-electron chi connectivity index (χ0n) is 5.75. The van der Waals surface area contributed by atoms with Crippen LogP contribution in [0.25, 0.3) is 0 Å². The Hall–Kier alpha value is -0.770. The van der Waals surface area contributed by atoms with E-state index in [-0.39, 0.29) is 5.75 Å². The summed E-state index contributed by atoms with van der Waals surface area (Å²) in [7, 11) is 0. The minimum Gasteiger partial charge on any atom is -0.506 e. The van der Waals surface area contributed by atoms with Gasteiger partial charge in [-0.25, -0.2) is 5.90 Å². The molecule has 0 aliphatic heterocycles. The monoisotopic (exact) mass is 173 g/mol. The number of aromatic hydroxyl groups is 1. The molecular weight excluding hydrogens is 166 g/mol. The van der Waals surface area contributed by atoms with Crippen LogP contribution in [-0.2, 0) is 11.4 Å². The summed E-state index contributed by atoms with van der Waals surface area (Å²) in [5, 5.41) is 9.31. The second-order valence-corrected chi connectivity index (χ2v) is 2.50. The molecule has 3 nitrogen and oxygen atoms in total. The number of nitrogens with two attached hydrogens (primary N) is 1. The fraction of sp³-hybridized carbons (Fsp3) is 0.143. The molecule has 0 aromatic heterocycles. The minimum absolute atomic E-state index is 0.0624. The Morgan fingerprint density at radius 1 is 1.55 bits per heavy atom. The fourth-order valence-corrected chi connectivity index (χ4v) is 0.940. The molecule has 4 heteroatoms. The first kappa shape index (κ1) is 8.33. The molecule has 0 atom stereocenters. The largest absolute Gasteiger partial charge is 0.506 e. The first-order valence-corrected chi connectivity index (χ1v) is 3.41. The molecular formula is C7H8ClNO2. The highest BCUT2D eigenvalue weighted by Gasteiger charge is 1.98. The number of hydrogen-bond acceptors (Lipinski definition) is 3. The average Bonchev–Trinajstić information content (AvgIpc) is 1.98. The van der Waals surface area contributed by atoms with Gasteiger partial charge in [-0.3, -0.25) is 4.84 Å². The third-order valence-corrected chi connectivity index (χ3v) is 1.56. The van der Waals surface area contributed by atoms with Crippen LogP contribution in [0, 0.1) is 0 Å². The minimum atomic E-state index is 0.0624. The fourth-order valence-electron chi connectivity index (χ4n) is 0.736. The van der Waals surface area contributed by atoms with Crippen molar-refractivity contribution in [1.82, 2.24) is 0 Å². The lowest BCUT2D eigenvalue weighted by atomic mass is 10.2. The van der Waals surface area contributed by atoms with Crippen LogP contribution in [0.4, 0.5) is 0 Å². The molecule has 1 rings (SSSR count). The van der Waals surface area contributed by atoms with Crippen molar-refractivity contribution in [3.8, 4) is 5.75 Å². The van der Waals surface area contributed by atoms with E-state index in [1.54, 1.807) is 12.1 Å². The van der Waals surface area contributed by atoms with Gasteiger partial charge in [0, 0.05) is 0 Å². The van der Waals surface area contributed by atoms with Crippen LogP contribution in [-0.4, -0.2) is 5.11 Å². The lowest BCUT2D eigenvalue weighted by Crippen LogP contribution is -1.98. The highest BCUT2D eigenvalue weighted by molar-refractivity contribution is 6.32. The van der Waals surface area contributed by atoms with E-state index in [1.807, 2.05) is 0 Å². The second-order valence-electron chi connectivity index (χ2n) is 2.10. The topological polar surface area (TPSA) is 55.5 Å². The van der Waals surface area contributed by atoms with Crippen LogP contribution in [0.2, 0.25) is 5.02 Å². The maximum absolute atomic E-state index is 9.01. The molecule has 0 spiro atoms. The van der Waals surface area contributed by atoms with E-state index in [2.05, 4.69) is 4.84 Å². The Bertz CT molecular complexity index is 252. The van der Waals surface area contributed by atoms with E-state index in [0.29, 0.717) is 11.6 Å². The molecule has 0 heterocycles. The van der Waals surface area contributed by atoms with Gasteiger partial charge in [-0.05, 0) is 17.7 Å². The normalized spacial score (nSPS) is 10.0. The van der Waals surface area contributed by atoms with Gasteiger partial charge in [0.05, 0.1) is 11.6 Å². The van der Waals surface area contributed by atoms with Crippen molar-refractivity contribution in [2.24, 2.45) is 5.90 Å². The summed E-state index contributed by atoms with van der Waals surface area (Å²) in [5.74, 6) is 4.91. The van der Waals surface area contributed by atoms with Crippen molar-refractivity contribution >= 4 is 11.6 Å². The Morgan fingerprint density at radius 3 is 2.82 bits per heavy atom. The Kier molecular flexibility index (Phi) is 2.70. The van der Waals surface area contributed by atoms with Gasteiger partial charge in [-0.15, -0.1) is 0 Å². The molecule has 11 heavy (non-hydrogen) atoms. The summed E-state index contributed by atoms with van der Waals surface area (Å²) in [5.41, 5.74) is 0.829. The first-order chi connectivity index (χ1) is 5.24. The molecule has 0 fully saturated rings. The van der Waals surface area contributed by atoms with Crippen LogP contribution < -0.4 is 5.90 Å². The van der Waals surface area contributed by atoms with Gasteiger partial charge < -0.3 is 5.11 Å². The number of phenols is 1. The quantitative estimate of drug-likeness (QED) is 0.666. The van der Waals surface area contributed by atoms with Gasteiger partial charge in [0.1, 0.15) is 5.75 Å². The van der Waals surface area contributed by atoms with Crippen molar-refractivity contribution in [1.29, 1.82) is 0 Å². The molecule has 0 saturated heterocycles. The van der Waals surface area contributed by atoms with E-state index in [1.165, 1.54) is 6.07 Å². The predicted molar refractivity (Wildman–Crippen MR) is 42.1 cm³/mol. The summed E-state index contributed by atoms with van der Waals surface area (Å²) >= 11 is 5.60. The zero-order valence-corrected chi connectivity index (χ0v) is 6.51. The average molecular weight is 174 g/mol. The summed E-state index contributed by atoms with van der Waals surface area (Å²) in [4.78, 5) is 4.38. The van der Waals surface area contributed by atoms with E-state index in [9.17, 15) is 0 Å². The maximum Gasteiger partial charge on any atom is 0.134 e. The van der Waals surface area contributed by atoms with Crippen LogP contribution >= 0.6 is 11.6 Å². The smallest absolute Gasteiger partial charge is 0.134 e. The molecule has 0 saturated carbocycles. The maximum atomic E-state index is 9.01. The zero-order chi connectivity index (χ0) is 8.27. The molecule has 0 radical (unpaired) electrons. The Morgan fingerprint density at radius 2 is 2.27 bits per heavy atom. The highest BCUT2D eigenvalue weighted by atomic mass is 35.5. The molecule has 60 valence electrons. The summed E-state index contributed by atoms with van der Waals surface area (Å²) < 4.78 is 0. The van der Waals surface area contributed by atoms with Gasteiger partial charge in [-0.2, -0.15) is 0 Å². The summed E-state index contributed by atoms with van der Waals surface area (Å²) in [6.07, 6.45) is 0. The second kappa shape index (κ2) is 3.57. The number of hydrogen-bond donors (Lipinski definition) is 2. The van der Waals surface area contributed by atoms with Crippen molar-refractivity contribution < 1.29 is 9.94 Å². The number of rotatable bonds is 2. The first-order valence-electron chi connectivity index (χ1n) is 3.03. The third-order valence-electron chi connectivity index (χ3n) is 1.26. The molecule has 0 aliphatic rings. The van der Waals surface area contributed by atoms with Crippen molar-refractivity contribution in [2.75, 3.05) is 0 Å². The lowest BCUT2D eigenvalue weighted by molar-refractivity contribution is 0.124. The standard InChI is InChI=1S/C7H8ClNO2/c8-6-3-5(4-11-9)1-2-7(6)10/h1-3,10H,4,9H2. The van der Waals surface area contributed by atoms with Crippen molar-refractivity contribution in [3.63, 3.8) is 0 Å². The lowest BCUT2D eigenvalue weighted by Gasteiger charge is -2.00. The van der Waals surface area contributed by atoms with Gasteiger partial charge in [-0.1, -0.05) is 17.7 Å². The highest BCUT2D eigenvalue weighted by Crippen LogP contribution is 2.23. The predicted octanol–water partition coefficient (Wildman–Crippen LogP) is 1.44. The van der Waals surface area contributed by atoms with Crippen LogP contribution in [0.1, 0.15) is 5.56 Å². The Labute approximate surface area is 69.3 Å². The van der Waals surface area contributed by atoms with E-state index < -0.39 is 0 Å². The molecule has 3 N–H and O–H groups in total. The molecule has 0 amide bonds. The molecule has 0 unspecified atom stereocenters. The van der Waals surface area contributed by atoms with Crippen LogP contribution in [0.15, 0.2) is 18.2 Å². The van der Waals surface area contributed by atoms with Gasteiger partial charge in [0.25, 0.3) is 0 Å². The molecule has 1 aromatic rings. The number of benzene rings is 1. The van der Waals surface area contributed by atoms with Gasteiger partial charge in [0.15, 0.2) is 0 Å². The van der Waals surface area contributed by atoms with Crippen LogP contribution in [0.5, 0.6) is 5.75 Å². The van der Waals surface area contributed by atoms with Crippen LogP contribution in [0.3, 0.4) is 0 Å². The summed E-state index contributed by atoms with van der Waals surface area (Å²) in [6, 6.07) is 4.79. The number of phenolic OH excluding ortho intramolecular Hbond substituents is 1. The van der Waals surface area contributed by atoms with E-state index in [0.717, 1.165) is 5.56 Å². The summed E-state index contributed by atoms with van der Waals surface area (Å²) in [6.45, 7) is 0.292. The molecule has 0 aliphatic carbocycles. The van der Waals surface area contributed by atoms with Gasteiger partial charge >= 0.3 is 0 Å². The van der Waals surface area contributed by atoms with E-state index in [4.69, 9.17) is 22.6 Å². The number of halogens is 1.